The number of carbonyl (C=O) groups excluding carboxylic acids is 3. The summed E-state index contributed by atoms with van der Waals surface area (Å²) in [6, 6.07) is 6.33. The Bertz CT molecular complexity index is 639. The van der Waals surface area contributed by atoms with Gasteiger partial charge in [0.2, 0.25) is 11.8 Å². The van der Waals surface area contributed by atoms with Gasteiger partial charge in [0.25, 0.3) is 0 Å². The summed E-state index contributed by atoms with van der Waals surface area (Å²) in [6.45, 7) is 3.19. The third kappa shape index (κ3) is 5.75. The molecule has 1 saturated carbocycles. The summed E-state index contributed by atoms with van der Waals surface area (Å²) in [6.07, 6.45) is 5.38. The second-order valence-corrected chi connectivity index (χ2v) is 6.79. The number of nitrogens with one attached hydrogen (secondary N) is 3. The van der Waals surface area contributed by atoms with Gasteiger partial charge in [-0.25, -0.2) is 4.79 Å². The van der Waals surface area contributed by atoms with E-state index in [4.69, 9.17) is 0 Å². The van der Waals surface area contributed by atoms with Gasteiger partial charge in [-0.1, -0.05) is 19.3 Å². The van der Waals surface area contributed by atoms with Crippen molar-refractivity contribution in [2.24, 2.45) is 0 Å². The fraction of sp³-hybridized carbons (Fsp3) is 0.526. The highest BCUT2D eigenvalue weighted by atomic mass is 16.2. The van der Waals surface area contributed by atoms with Crippen molar-refractivity contribution in [1.29, 1.82) is 0 Å². The summed E-state index contributed by atoms with van der Waals surface area (Å²) in [5.41, 5.74) is 1.51. The van der Waals surface area contributed by atoms with Gasteiger partial charge in [0, 0.05) is 31.4 Å². The SMILES string of the molecule is CC(=O)N(C)c1ccc(NC(C)C(=O)NC(=O)NC2CCCCC2)cc1. The molecule has 1 atom stereocenters. The van der Waals surface area contributed by atoms with Crippen LogP contribution in [0.25, 0.3) is 0 Å². The molecule has 0 saturated heterocycles. The van der Waals surface area contributed by atoms with Gasteiger partial charge >= 0.3 is 6.03 Å². The average molecular weight is 360 g/mol. The minimum atomic E-state index is -0.566. The van der Waals surface area contributed by atoms with Crippen molar-refractivity contribution in [3.05, 3.63) is 24.3 Å². The Labute approximate surface area is 154 Å². The minimum Gasteiger partial charge on any atom is -0.374 e. The molecule has 0 spiro atoms. The van der Waals surface area contributed by atoms with Gasteiger partial charge in [0.1, 0.15) is 6.04 Å². The Balaban J connectivity index is 1.82. The number of carbonyl (C=O) groups is 3. The first kappa shape index (κ1) is 19.8. The molecule has 1 unspecified atom stereocenters. The van der Waals surface area contributed by atoms with Gasteiger partial charge in [-0.15, -0.1) is 0 Å². The Morgan fingerprint density at radius 2 is 1.69 bits per heavy atom. The van der Waals surface area contributed by atoms with Crippen molar-refractivity contribution in [2.45, 2.75) is 58.0 Å². The molecule has 0 aliphatic heterocycles. The number of hydrogen-bond donors (Lipinski definition) is 3. The summed E-state index contributed by atoms with van der Waals surface area (Å²) in [7, 11) is 1.70. The maximum atomic E-state index is 12.2. The van der Waals surface area contributed by atoms with E-state index < -0.39 is 12.1 Å². The lowest BCUT2D eigenvalue weighted by Crippen LogP contribution is -2.49. The molecule has 7 nitrogen and oxygen atoms in total. The van der Waals surface area contributed by atoms with Crippen LogP contribution in [-0.4, -0.2) is 37.0 Å². The molecule has 0 aromatic heterocycles. The summed E-state index contributed by atoms with van der Waals surface area (Å²) >= 11 is 0. The molecule has 4 amide bonds. The molecule has 3 N–H and O–H groups in total. The van der Waals surface area contributed by atoms with E-state index in [2.05, 4.69) is 16.0 Å². The molecule has 7 heteroatoms. The predicted octanol–water partition coefficient (Wildman–Crippen LogP) is 2.63. The Morgan fingerprint density at radius 3 is 2.27 bits per heavy atom. The zero-order valence-corrected chi connectivity index (χ0v) is 15.7. The normalized spacial score (nSPS) is 15.7. The second kappa shape index (κ2) is 9.22. The van der Waals surface area contributed by atoms with Gasteiger partial charge in [0.15, 0.2) is 0 Å². The van der Waals surface area contributed by atoms with Crippen LogP contribution in [0, 0.1) is 0 Å². The van der Waals surface area contributed by atoms with Crippen LogP contribution in [0.1, 0.15) is 46.0 Å². The van der Waals surface area contributed by atoms with Crippen LogP contribution < -0.4 is 20.9 Å². The molecule has 2 rings (SSSR count). The highest BCUT2D eigenvalue weighted by Crippen LogP contribution is 2.18. The van der Waals surface area contributed by atoms with Crippen LogP contribution in [0.15, 0.2) is 24.3 Å². The van der Waals surface area contributed by atoms with Crippen molar-refractivity contribution in [2.75, 3.05) is 17.3 Å². The number of anilines is 2. The van der Waals surface area contributed by atoms with Gasteiger partial charge in [-0.05, 0) is 44.0 Å². The summed E-state index contributed by atoms with van der Waals surface area (Å²) in [5, 5.41) is 8.30. The van der Waals surface area contributed by atoms with Crippen molar-refractivity contribution in [3.63, 3.8) is 0 Å². The number of urea groups is 1. The highest BCUT2D eigenvalue weighted by Gasteiger charge is 2.19. The molecule has 0 radical (unpaired) electrons. The quantitative estimate of drug-likeness (QED) is 0.753. The van der Waals surface area contributed by atoms with Crippen molar-refractivity contribution in [1.82, 2.24) is 10.6 Å². The molecule has 1 fully saturated rings. The Kier molecular flexibility index (Phi) is 7.00. The maximum Gasteiger partial charge on any atom is 0.321 e. The number of nitrogens with zero attached hydrogens (tertiary/aromatic N) is 1. The molecule has 0 heterocycles. The minimum absolute atomic E-state index is 0.0533. The van der Waals surface area contributed by atoms with Gasteiger partial charge < -0.3 is 15.5 Å². The lowest BCUT2D eigenvalue weighted by molar-refractivity contribution is -0.120. The van der Waals surface area contributed by atoms with E-state index in [1.54, 1.807) is 38.2 Å². The first-order valence-corrected chi connectivity index (χ1v) is 9.09. The Hall–Kier alpha value is -2.57. The van der Waals surface area contributed by atoms with E-state index in [1.807, 2.05) is 0 Å². The standard InChI is InChI=1S/C19H28N4O3/c1-13(18(25)22-19(26)21-15-7-5-4-6-8-15)20-16-9-11-17(12-10-16)23(3)14(2)24/h9-13,15,20H,4-8H2,1-3H3,(H2,21,22,25,26). The number of amides is 4. The van der Waals surface area contributed by atoms with E-state index in [1.165, 1.54) is 18.2 Å². The molecule has 26 heavy (non-hydrogen) atoms. The topological polar surface area (TPSA) is 90.5 Å². The van der Waals surface area contributed by atoms with Crippen LogP contribution in [0.2, 0.25) is 0 Å². The first-order valence-electron chi connectivity index (χ1n) is 9.09. The van der Waals surface area contributed by atoms with Crippen LogP contribution in [-0.2, 0) is 9.59 Å². The third-order valence-corrected chi connectivity index (χ3v) is 4.68. The zero-order valence-electron chi connectivity index (χ0n) is 15.7. The maximum absolute atomic E-state index is 12.2. The van der Waals surface area contributed by atoms with Crippen molar-refractivity contribution in [3.8, 4) is 0 Å². The predicted molar refractivity (Wildman–Crippen MR) is 102 cm³/mol. The smallest absolute Gasteiger partial charge is 0.321 e. The van der Waals surface area contributed by atoms with Crippen molar-refractivity contribution < 1.29 is 14.4 Å². The largest absolute Gasteiger partial charge is 0.374 e. The second-order valence-electron chi connectivity index (χ2n) is 6.79. The number of rotatable bonds is 5. The van der Waals surface area contributed by atoms with E-state index in [0.29, 0.717) is 0 Å². The fourth-order valence-corrected chi connectivity index (χ4v) is 2.97. The van der Waals surface area contributed by atoms with E-state index >= 15 is 0 Å². The third-order valence-electron chi connectivity index (χ3n) is 4.68. The van der Waals surface area contributed by atoms with Crippen LogP contribution in [0.5, 0.6) is 0 Å². The fourth-order valence-electron chi connectivity index (χ4n) is 2.97. The van der Waals surface area contributed by atoms with E-state index in [9.17, 15) is 14.4 Å². The van der Waals surface area contributed by atoms with Gasteiger partial charge in [0.05, 0.1) is 0 Å². The van der Waals surface area contributed by atoms with Crippen LogP contribution in [0.3, 0.4) is 0 Å². The molecule has 1 aliphatic carbocycles. The Morgan fingerprint density at radius 1 is 1.08 bits per heavy atom. The van der Waals surface area contributed by atoms with Crippen molar-refractivity contribution >= 4 is 29.2 Å². The molecular weight excluding hydrogens is 332 g/mol. The van der Waals surface area contributed by atoms with E-state index in [-0.39, 0.29) is 17.9 Å². The first-order chi connectivity index (χ1) is 12.4. The van der Waals surface area contributed by atoms with Gasteiger partial charge in [-0.2, -0.15) is 0 Å². The number of hydrogen-bond acceptors (Lipinski definition) is 4. The average Bonchev–Trinajstić information content (AvgIpc) is 2.62. The molecule has 1 aromatic carbocycles. The van der Waals surface area contributed by atoms with E-state index in [0.717, 1.165) is 37.1 Å². The summed E-state index contributed by atoms with van der Waals surface area (Å²) in [5.74, 6) is -0.439. The summed E-state index contributed by atoms with van der Waals surface area (Å²) < 4.78 is 0. The lowest BCUT2D eigenvalue weighted by Gasteiger charge is -2.23. The monoisotopic (exact) mass is 360 g/mol. The molecule has 142 valence electrons. The molecule has 0 bridgehead atoms. The highest BCUT2D eigenvalue weighted by molar-refractivity contribution is 5.98. The number of imide groups is 1. The van der Waals surface area contributed by atoms with Gasteiger partial charge in [-0.3, -0.25) is 14.9 Å². The number of benzene rings is 1. The molecule has 1 aromatic rings. The lowest BCUT2D eigenvalue weighted by atomic mass is 9.96. The molecular formula is C19H28N4O3. The zero-order chi connectivity index (χ0) is 19.1. The van der Waals surface area contributed by atoms with Crippen LogP contribution in [0.4, 0.5) is 16.2 Å². The summed E-state index contributed by atoms with van der Waals surface area (Å²) in [4.78, 5) is 37.0. The van der Waals surface area contributed by atoms with Crippen LogP contribution >= 0.6 is 0 Å². The molecule has 1 aliphatic rings.